The molecule has 38 heavy (non-hydrogen) atoms. The number of rotatable bonds is 35. The molecule has 1 N–H and O–H groups in total. The molecule has 0 aromatic rings. The first-order valence-corrected chi connectivity index (χ1v) is 16.4. The lowest BCUT2D eigenvalue weighted by molar-refractivity contribution is 0.0132. The van der Waals surface area contributed by atoms with Crippen molar-refractivity contribution >= 4 is 0 Å². The number of aliphatic hydroxyl groups is 1. The minimum absolute atomic E-state index is 0.0840. The van der Waals surface area contributed by atoms with Crippen molar-refractivity contribution < 1.29 is 28.8 Å². The van der Waals surface area contributed by atoms with Crippen molar-refractivity contribution in [2.24, 2.45) is 0 Å². The molecule has 0 aliphatic rings. The fourth-order valence-corrected chi connectivity index (χ4v) is 4.44. The highest BCUT2D eigenvalue weighted by molar-refractivity contribution is 4.49. The van der Waals surface area contributed by atoms with Crippen LogP contribution >= 0.6 is 0 Å². The molecule has 0 saturated heterocycles. The van der Waals surface area contributed by atoms with E-state index in [2.05, 4.69) is 6.92 Å². The first-order valence-electron chi connectivity index (χ1n) is 16.4. The lowest BCUT2D eigenvalue weighted by atomic mass is 10.1. The van der Waals surface area contributed by atoms with Gasteiger partial charge in [-0.3, -0.25) is 0 Å². The topological polar surface area (TPSA) is 66.4 Å². The summed E-state index contributed by atoms with van der Waals surface area (Å²) in [5.41, 5.74) is 0. The molecule has 0 spiro atoms. The van der Waals surface area contributed by atoms with Crippen LogP contribution in [-0.4, -0.2) is 77.8 Å². The second-order valence-corrected chi connectivity index (χ2v) is 10.5. The molecule has 0 aliphatic heterocycles. The molecule has 0 aliphatic carbocycles. The van der Waals surface area contributed by atoms with E-state index in [0.717, 1.165) is 32.7 Å². The fraction of sp³-hybridized carbons (Fsp3) is 1.00. The molecule has 6 nitrogen and oxygen atoms in total. The molecule has 230 valence electrons. The number of aliphatic hydroxyl groups excluding tert-OH is 1. The van der Waals surface area contributed by atoms with Gasteiger partial charge in [0, 0.05) is 19.8 Å². The Balaban J connectivity index is 3.01. The van der Waals surface area contributed by atoms with Gasteiger partial charge >= 0.3 is 0 Å². The monoisotopic (exact) mass is 546 g/mol. The van der Waals surface area contributed by atoms with Crippen molar-refractivity contribution in [3.63, 3.8) is 0 Å². The van der Waals surface area contributed by atoms with Gasteiger partial charge in [-0.2, -0.15) is 0 Å². The van der Waals surface area contributed by atoms with Gasteiger partial charge in [-0.15, -0.1) is 0 Å². The van der Waals surface area contributed by atoms with Crippen molar-refractivity contribution in [2.75, 3.05) is 72.7 Å². The summed E-state index contributed by atoms with van der Waals surface area (Å²) in [5, 5.41) is 8.61. The molecule has 0 bridgehead atoms. The van der Waals surface area contributed by atoms with Gasteiger partial charge in [0.25, 0.3) is 0 Å². The van der Waals surface area contributed by atoms with Gasteiger partial charge in [0.15, 0.2) is 0 Å². The molecule has 0 aromatic heterocycles. The normalized spacial score (nSPS) is 11.5. The highest BCUT2D eigenvalue weighted by Crippen LogP contribution is 2.11. The Kier molecular flexibility index (Phi) is 36.5. The van der Waals surface area contributed by atoms with E-state index in [9.17, 15) is 0 Å². The zero-order valence-corrected chi connectivity index (χ0v) is 25.4. The largest absolute Gasteiger partial charge is 0.394 e. The van der Waals surface area contributed by atoms with E-state index in [-0.39, 0.29) is 6.61 Å². The van der Waals surface area contributed by atoms with Crippen LogP contribution in [0.2, 0.25) is 0 Å². The molecular formula is C32H66O6. The van der Waals surface area contributed by atoms with E-state index < -0.39 is 0 Å². The van der Waals surface area contributed by atoms with Crippen molar-refractivity contribution in [1.82, 2.24) is 0 Å². The molecule has 0 rings (SSSR count). The molecule has 0 unspecified atom stereocenters. The van der Waals surface area contributed by atoms with Crippen LogP contribution in [0, 0.1) is 0 Å². The van der Waals surface area contributed by atoms with Crippen LogP contribution in [0.1, 0.15) is 135 Å². The van der Waals surface area contributed by atoms with Crippen molar-refractivity contribution in [3.05, 3.63) is 0 Å². The van der Waals surface area contributed by atoms with Crippen LogP contribution in [0.5, 0.6) is 0 Å². The minimum Gasteiger partial charge on any atom is -0.394 e. The van der Waals surface area contributed by atoms with Gasteiger partial charge in [0.2, 0.25) is 0 Å². The molecule has 0 fully saturated rings. The standard InChI is InChI=1S/C32H66O6/c1-2-3-4-5-6-7-10-13-16-20-24-35-28-31-38-32-29-36-25-21-18-15-12-9-8-11-14-17-19-23-34-27-30-37-26-22-33/h33H,2-32H2,1H3. The van der Waals surface area contributed by atoms with Crippen LogP contribution < -0.4 is 0 Å². The lowest BCUT2D eigenvalue weighted by Crippen LogP contribution is -2.10. The predicted octanol–water partition coefficient (Wildman–Crippen LogP) is 7.88. The average Bonchev–Trinajstić information content (AvgIpc) is 2.93. The third-order valence-corrected chi connectivity index (χ3v) is 6.82. The number of ether oxygens (including phenoxy) is 5. The first kappa shape index (κ1) is 37.8. The van der Waals surface area contributed by atoms with Crippen LogP contribution in [0.15, 0.2) is 0 Å². The summed E-state index contributed by atoms with van der Waals surface area (Å²) in [6.45, 7) is 9.28. The number of hydrogen-bond acceptors (Lipinski definition) is 6. The Morgan fingerprint density at radius 3 is 0.816 bits per heavy atom. The molecule has 0 amide bonds. The Morgan fingerprint density at radius 2 is 0.526 bits per heavy atom. The zero-order chi connectivity index (χ0) is 27.5. The van der Waals surface area contributed by atoms with Gasteiger partial charge in [0.05, 0.1) is 52.9 Å². The predicted molar refractivity (Wildman–Crippen MR) is 159 cm³/mol. The third kappa shape index (κ3) is 35.8. The summed E-state index contributed by atoms with van der Waals surface area (Å²) in [5.74, 6) is 0. The van der Waals surface area contributed by atoms with Crippen molar-refractivity contribution in [3.8, 4) is 0 Å². The summed E-state index contributed by atoms with van der Waals surface area (Å²) in [6, 6.07) is 0. The van der Waals surface area contributed by atoms with E-state index in [4.69, 9.17) is 28.8 Å². The van der Waals surface area contributed by atoms with E-state index in [1.165, 1.54) is 116 Å². The molecule has 0 heterocycles. The van der Waals surface area contributed by atoms with Crippen LogP contribution in [-0.2, 0) is 23.7 Å². The molecular weight excluding hydrogens is 480 g/mol. The van der Waals surface area contributed by atoms with E-state index >= 15 is 0 Å². The minimum atomic E-state index is 0.0840. The summed E-state index contributed by atoms with van der Waals surface area (Å²) in [6.07, 6.45) is 26.5. The Labute approximate surface area is 236 Å². The van der Waals surface area contributed by atoms with Crippen molar-refractivity contribution in [2.45, 2.75) is 135 Å². The van der Waals surface area contributed by atoms with Crippen LogP contribution in [0.3, 0.4) is 0 Å². The van der Waals surface area contributed by atoms with Gasteiger partial charge in [-0.05, 0) is 19.3 Å². The van der Waals surface area contributed by atoms with Crippen LogP contribution in [0.25, 0.3) is 0 Å². The van der Waals surface area contributed by atoms with Gasteiger partial charge in [0.1, 0.15) is 0 Å². The molecule has 0 atom stereocenters. The van der Waals surface area contributed by atoms with E-state index in [0.29, 0.717) is 46.2 Å². The fourth-order valence-electron chi connectivity index (χ4n) is 4.44. The second-order valence-electron chi connectivity index (χ2n) is 10.5. The maximum Gasteiger partial charge on any atom is 0.0701 e. The Bertz CT molecular complexity index is 360. The van der Waals surface area contributed by atoms with Crippen molar-refractivity contribution in [1.29, 1.82) is 0 Å². The highest BCUT2D eigenvalue weighted by Gasteiger charge is 1.97. The summed E-state index contributed by atoms with van der Waals surface area (Å²) in [4.78, 5) is 0. The number of unbranched alkanes of at least 4 members (excludes halogenated alkanes) is 18. The summed E-state index contributed by atoms with van der Waals surface area (Å²) >= 11 is 0. The molecule has 0 aromatic carbocycles. The second kappa shape index (κ2) is 36.8. The maximum absolute atomic E-state index is 8.61. The lowest BCUT2D eigenvalue weighted by Gasteiger charge is -2.07. The summed E-state index contributed by atoms with van der Waals surface area (Å²) < 4.78 is 27.6. The third-order valence-electron chi connectivity index (χ3n) is 6.82. The quantitative estimate of drug-likeness (QED) is 0.0816. The molecule has 0 radical (unpaired) electrons. The maximum atomic E-state index is 8.61. The smallest absolute Gasteiger partial charge is 0.0701 e. The van der Waals surface area contributed by atoms with Crippen LogP contribution in [0.4, 0.5) is 0 Å². The first-order chi connectivity index (χ1) is 18.9. The van der Waals surface area contributed by atoms with Gasteiger partial charge in [-0.1, -0.05) is 116 Å². The van der Waals surface area contributed by atoms with E-state index in [1.54, 1.807) is 0 Å². The summed E-state index contributed by atoms with van der Waals surface area (Å²) in [7, 11) is 0. The SMILES string of the molecule is CCCCCCCCCCCCOCCOCCOCCCCCCCCCCCCOCCOCCO. The molecule has 6 heteroatoms. The van der Waals surface area contributed by atoms with Gasteiger partial charge < -0.3 is 28.8 Å². The average molecular weight is 547 g/mol. The Hall–Kier alpha value is -0.240. The van der Waals surface area contributed by atoms with Gasteiger partial charge in [-0.25, -0.2) is 0 Å². The highest BCUT2D eigenvalue weighted by atomic mass is 16.5. The van der Waals surface area contributed by atoms with E-state index in [1.807, 2.05) is 0 Å². The Morgan fingerprint density at radius 1 is 0.289 bits per heavy atom. The number of hydrogen-bond donors (Lipinski definition) is 1. The molecule has 0 saturated carbocycles. The zero-order valence-electron chi connectivity index (χ0n) is 25.4.